The Morgan fingerprint density at radius 1 is 1.29 bits per heavy atom. The third-order valence-electron chi connectivity index (χ3n) is 3.95. The second-order valence-corrected chi connectivity index (χ2v) is 5.05. The van der Waals surface area contributed by atoms with Gasteiger partial charge in [0.15, 0.2) is 5.69 Å². The predicted molar refractivity (Wildman–Crippen MR) is 80.2 cm³/mol. The molecular formula is C15H19N3O3. The highest BCUT2D eigenvalue weighted by Crippen LogP contribution is 2.17. The summed E-state index contributed by atoms with van der Waals surface area (Å²) < 4.78 is 0. The molecular weight excluding hydrogens is 270 g/mol. The van der Waals surface area contributed by atoms with Crippen molar-refractivity contribution in [2.45, 2.75) is 32.2 Å². The van der Waals surface area contributed by atoms with Crippen molar-refractivity contribution in [2.75, 3.05) is 6.61 Å². The van der Waals surface area contributed by atoms with Crippen LogP contribution in [0.1, 0.15) is 37.2 Å². The molecule has 0 spiro atoms. The molecule has 1 aromatic carbocycles. The maximum atomic E-state index is 12.5. The van der Waals surface area contributed by atoms with Crippen molar-refractivity contribution in [3.63, 3.8) is 0 Å². The number of carbonyl (C=O) groups is 1. The van der Waals surface area contributed by atoms with E-state index in [0.717, 1.165) is 0 Å². The Kier molecular flexibility index (Phi) is 4.37. The monoisotopic (exact) mass is 289 g/mol. The lowest BCUT2D eigenvalue weighted by Crippen LogP contribution is -2.50. The van der Waals surface area contributed by atoms with Crippen LogP contribution in [0.2, 0.25) is 0 Å². The van der Waals surface area contributed by atoms with Crippen molar-refractivity contribution in [1.29, 1.82) is 0 Å². The van der Waals surface area contributed by atoms with Gasteiger partial charge >= 0.3 is 0 Å². The Labute approximate surface area is 122 Å². The summed E-state index contributed by atoms with van der Waals surface area (Å²) in [4.78, 5) is 24.2. The standard InChI is InChI=1S/C15H19N3O3/c1-3-15(4-2,9-19)16-14(21)12-10-7-5-6-8-11(10)13(20)18-17-12/h5-8,19H,3-4,9H2,1-2H3,(H,16,21)(H,18,20). The summed E-state index contributed by atoms with van der Waals surface area (Å²) in [5.74, 6) is -0.403. The molecule has 0 bridgehead atoms. The molecule has 0 radical (unpaired) electrons. The normalized spacial score (nSPS) is 11.6. The average molecular weight is 289 g/mol. The molecule has 112 valence electrons. The highest BCUT2D eigenvalue weighted by Gasteiger charge is 2.28. The second-order valence-electron chi connectivity index (χ2n) is 5.05. The number of rotatable bonds is 5. The number of benzene rings is 1. The Balaban J connectivity index is 2.45. The van der Waals surface area contributed by atoms with E-state index in [0.29, 0.717) is 23.6 Å². The molecule has 1 aromatic heterocycles. The van der Waals surface area contributed by atoms with Crippen LogP contribution in [0.3, 0.4) is 0 Å². The van der Waals surface area contributed by atoms with Gasteiger partial charge in [-0.3, -0.25) is 9.59 Å². The molecule has 2 aromatic rings. The first-order valence-electron chi connectivity index (χ1n) is 6.97. The van der Waals surface area contributed by atoms with Gasteiger partial charge in [-0.1, -0.05) is 32.0 Å². The molecule has 0 aliphatic rings. The van der Waals surface area contributed by atoms with Gasteiger partial charge in [-0.05, 0) is 18.9 Å². The van der Waals surface area contributed by atoms with E-state index >= 15 is 0 Å². The zero-order valence-electron chi connectivity index (χ0n) is 12.1. The third-order valence-corrected chi connectivity index (χ3v) is 3.95. The second kappa shape index (κ2) is 6.05. The largest absolute Gasteiger partial charge is 0.394 e. The Morgan fingerprint density at radius 3 is 2.48 bits per heavy atom. The molecule has 3 N–H and O–H groups in total. The first-order valence-corrected chi connectivity index (χ1v) is 6.97. The number of hydrogen-bond donors (Lipinski definition) is 3. The molecule has 2 rings (SSSR count). The van der Waals surface area contributed by atoms with Gasteiger partial charge in [0, 0.05) is 5.39 Å². The van der Waals surface area contributed by atoms with Crippen molar-refractivity contribution in [2.24, 2.45) is 0 Å². The lowest BCUT2D eigenvalue weighted by atomic mass is 9.93. The fourth-order valence-electron chi connectivity index (χ4n) is 2.28. The number of aliphatic hydroxyl groups is 1. The predicted octanol–water partition coefficient (Wildman–Crippen LogP) is 1.20. The molecule has 0 saturated heterocycles. The van der Waals surface area contributed by atoms with Crippen LogP contribution in [0.5, 0.6) is 0 Å². The fourth-order valence-corrected chi connectivity index (χ4v) is 2.28. The number of fused-ring (bicyclic) bond motifs is 1. The van der Waals surface area contributed by atoms with Crippen LogP contribution in [0, 0.1) is 0 Å². The number of aromatic nitrogens is 2. The summed E-state index contributed by atoms with van der Waals surface area (Å²) in [5.41, 5.74) is -0.845. The van der Waals surface area contributed by atoms with Crippen LogP contribution >= 0.6 is 0 Å². The van der Waals surface area contributed by atoms with Crippen molar-refractivity contribution in [1.82, 2.24) is 15.5 Å². The van der Waals surface area contributed by atoms with Crippen LogP contribution < -0.4 is 10.9 Å². The number of nitrogens with zero attached hydrogens (tertiary/aromatic N) is 1. The van der Waals surface area contributed by atoms with Gasteiger partial charge in [0.05, 0.1) is 17.5 Å². The maximum Gasteiger partial charge on any atom is 0.272 e. The van der Waals surface area contributed by atoms with E-state index in [1.165, 1.54) is 0 Å². The quantitative estimate of drug-likeness (QED) is 0.771. The van der Waals surface area contributed by atoms with E-state index in [1.807, 2.05) is 13.8 Å². The molecule has 6 nitrogen and oxygen atoms in total. The van der Waals surface area contributed by atoms with Gasteiger partial charge < -0.3 is 10.4 Å². The number of nitrogens with one attached hydrogen (secondary N) is 2. The number of amides is 1. The van der Waals surface area contributed by atoms with E-state index in [1.54, 1.807) is 24.3 Å². The highest BCUT2D eigenvalue weighted by atomic mass is 16.3. The van der Waals surface area contributed by atoms with Crippen LogP contribution in [-0.2, 0) is 0 Å². The Hall–Kier alpha value is -2.21. The topological polar surface area (TPSA) is 95.1 Å². The molecule has 0 unspecified atom stereocenters. The zero-order chi connectivity index (χ0) is 15.5. The molecule has 0 fully saturated rings. The lowest BCUT2D eigenvalue weighted by Gasteiger charge is -2.30. The van der Waals surface area contributed by atoms with Crippen molar-refractivity contribution in [3.05, 3.63) is 40.3 Å². The van der Waals surface area contributed by atoms with Crippen LogP contribution in [0.15, 0.2) is 29.1 Å². The van der Waals surface area contributed by atoms with E-state index in [9.17, 15) is 14.7 Å². The summed E-state index contributed by atoms with van der Waals surface area (Å²) in [5, 5.41) is 19.5. The lowest BCUT2D eigenvalue weighted by molar-refractivity contribution is 0.0813. The number of carbonyl (C=O) groups excluding carboxylic acids is 1. The van der Waals surface area contributed by atoms with Crippen LogP contribution in [0.25, 0.3) is 10.8 Å². The van der Waals surface area contributed by atoms with Crippen molar-refractivity contribution >= 4 is 16.7 Å². The van der Waals surface area contributed by atoms with Crippen LogP contribution in [0.4, 0.5) is 0 Å². The number of aromatic amines is 1. The summed E-state index contributed by atoms with van der Waals surface area (Å²) in [7, 11) is 0. The smallest absolute Gasteiger partial charge is 0.272 e. The first-order chi connectivity index (χ1) is 10.1. The molecule has 1 heterocycles. The molecule has 6 heteroatoms. The van der Waals surface area contributed by atoms with E-state index in [2.05, 4.69) is 15.5 Å². The minimum Gasteiger partial charge on any atom is -0.394 e. The number of aliphatic hydroxyl groups excluding tert-OH is 1. The van der Waals surface area contributed by atoms with E-state index in [-0.39, 0.29) is 17.9 Å². The molecule has 0 aliphatic heterocycles. The molecule has 0 atom stereocenters. The first kappa shape index (κ1) is 15.2. The van der Waals surface area contributed by atoms with E-state index < -0.39 is 11.4 Å². The van der Waals surface area contributed by atoms with Gasteiger partial charge in [-0.25, -0.2) is 5.10 Å². The summed E-state index contributed by atoms with van der Waals surface area (Å²) in [6.07, 6.45) is 1.21. The fraction of sp³-hybridized carbons (Fsp3) is 0.400. The maximum absolute atomic E-state index is 12.5. The summed E-state index contributed by atoms with van der Waals surface area (Å²) >= 11 is 0. The zero-order valence-corrected chi connectivity index (χ0v) is 12.1. The SMILES string of the molecule is CCC(CC)(CO)NC(=O)c1n[nH]c(=O)c2ccccc12. The van der Waals surface area contributed by atoms with E-state index in [4.69, 9.17) is 0 Å². The molecule has 21 heavy (non-hydrogen) atoms. The Bertz CT molecular complexity index is 696. The Morgan fingerprint density at radius 2 is 1.90 bits per heavy atom. The highest BCUT2D eigenvalue weighted by molar-refractivity contribution is 6.04. The molecule has 0 saturated carbocycles. The third kappa shape index (κ3) is 2.80. The average Bonchev–Trinajstić information content (AvgIpc) is 2.53. The molecule has 1 amide bonds. The van der Waals surface area contributed by atoms with Gasteiger partial charge in [-0.15, -0.1) is 0 Å². The van der Waals surface area contributed by atoms with Crippen LogP contribution in [-0.4, -0.2) is 33.4 Å². The minimum absolute atomic E-state index is 0.146. The van der Waals surface area contributed by atoms with Gasteiger partial charge in [0.2, 0.25) is 0 Å². The summed E-state index contributed by atoms with van der Waals surface area (Å²) in [6.45, 7) is 3.66. The minimum atomic E-state index is -0.671. The summed E-state index contributed by atoms with van der Waals surface area (Å²) in [6, 6.07) is 6.81. The van der Waals surface area contributed by atoms with Gasteiger partial charge in [0.25, 0.3) is 11.5 Å². The van der Waals surface area contributed by atoms with Crippen molar-refractivity contribution < 1.29 is 9.90 Å². The van der Waals surface area contributed by atoms with Gasteiger partial charge in [-0.2, -0.15) is 5.10 Å². The number of H-pyrrole nitrogens is 1. The van der Waals surface area contributed by atoms with Crippen molar-refractivity contribution in [3.8, 4) is 0 Å². The van der Waals surface area contributed by atoms with Gasteiger partial charge in [0.1, 0.15) is 0 Å². The number of hydrogen-bond acceptors (Lipinski definition) is 4. The molecule has 0 aliphatic carbocycles.